The van der Waals surface area contributed by atoms with Gasteiger partial charge in [0.1, 0.15) is 0 Å². The predicted octanol–water partition coefficient (Wildman–Crippen LogP) is 1.46. The van der Waals surface area contributed by atoms with E-state index < -0.39 is 0 Å². The van der Waals surface area contributed by atoms with Crippen LogP contribution in [-0.2, 0) is 6.42 Å². The van der Waals surface area contributed by atoms with Gasteiger partial charge in [0.2, 0.25) is 0 Å². The van der Waals surface area contributed by atoms with E-state index in [0.717, 1.165) is 12.8 Å². The van der Waals surface area contributed by atoms with Gasteiger partial charge in [-0.05, 0) is 44.3 Å². The van der Waals surface area contributed by atoms with Gasteiger partial charge in [0.05, 0.1) is 0 Å². The van der Waals surface area contributed by atoms with E-state index in [1.54, 1.807) is 0 Å². The lowest BCUT2D eigenvalue weighted by Gasteiger charge is -2.11. The van der Waals surface area contributed by atoms with Crippen LogP contribution >= 0.6 is 0 Å². The third kappa shape index (κ3) is 3.48. The second kappa shape index (κ2) is 5.78. The molecule has 0 radical (unpaired) electrons. The molecule has 1 aromatic rings. The Morgan fingerprint density at radius 1 is 1.07 bits per heavy atom. The first-order chi connectivity index (χ1) is 6.76. The maximum atomic E-state index is 5.59. The Morgan fingerprint density at radius 2 is 1.64 bits per heavy atom. The van der Waals surface area contributed by atoms with Crippen molar-refractivity contribution in [1.82, 2.24) is 0 Å². The zero-order valence-electron chi connectivity index (χ0n) is 8.87. The van der Waals surface area contributed by atoms with Gasteiger partial charge in [-0.15, -0.1) is 0 Å². The van der Waals surface area contributed by atoms with Crippen LogP contribution in [-0.4, -0.2) is 13.1 Å². The van der Waals surface area contributed by atoms with Gasteiger partial charge in [-0.25, -0.2) is 0 Å². The van der Waals surface area contributed by atoms with E-state index in [9.17, 15) is 0 Å². The Morgan fingerprint density at radius 3 is 2.14 bits per heavy atom. The molecular weight excluding hydrogens is 172 g/mol. The second-order valence-corrected chi connectivity index (χ2v) is 3.86. The number of benzene rings is 1. The van der Waals surface area contributed by atoms with Crippen LogP contribution in [0.3, 0.4) is 0 Å². The van der Waals surface area contributed by atoms with Gasteiger partial charge in [0.25, 0.3) is 0 Å². The average molecular weight is 192 g/mol. The first-order valence-electron chi connectivity index (χ1n) is 5.22. The number of rotatable bonds is 5. The van der Waals surface area contributed by atoms with Gasteiger partial charge in [0.15, 0.2) is 0 Å². The molecule has 14 heavy (non-hydrogen) atoms. The Hall–Kier alpha value is -0.860. The van der Waals surface area contributed by atoms with Crippen molar-refractivity contribution < 1.29 is 0 Å². The molecule has 78 valence electrons. The van der Waals surface area contributed by atoms with Crippen molar-refractivity contribution >= 4 is 0 Å². The monoisotopic (exact) mass is 192 g/mol. The van der Waals surface area contributed by atoms with E-state index in [1.807, 2.05) is 0 Å². The molecule has 2 nitrogen and oxygen atoms in total. The summed E-state index contributed by atoms with van der Waals surface area (Å²) in [7, 11) is 0. The highest BCUT2D eigenvalue weighted by Crippen LogP contribution is 2.09. The number of aryl methyl sites for hydroxylation is 2. The minimum absolute atomic E-state index is 0.469. The van der Waals surface area contributed by atoms with Gasteiger partial charge in [-0.3, -0.25) is 0 Å². The van der Waals surface area contributed by atoms with E-state index >= 15 is 0 Å². The van der Waals surface area contributed by atoms with Crippen molar-refractivity contribution in [3.05, 3.63) is 35.4 Å². The van der Waals surface area contributed by atoms with Crippen LogP contribution in [0.5, 0.6) is 0 Å². The molecule has 0 aliphatic rings. The first-order valence-corrected chi connectivity index (χ1v) is 5.22. The van der Waals surface area contributed by atoms with E-state index in [2.05, 4.69) is 31.2 Å². The van der Waals surface area contributed by atoms with Crippen molar-refractivity contribution in [2.45, 2.75) is 19.8 Å². The molecule has 0 saturated heterocycles. The molecule has 4 N–H and O–H groups in total. The molecule has 0 fully saturated rings. The Labute approximate surface area is 86.3 Å². The zero-order valence-corrected chi connectivity index (χ0v) is 8.87. The normalized spacial score (nSPS) is 10.9. The molecule has 0 unspecified atom stereocenters. The molecule has 0 heterocycles. The summed E-state index contributed by atoms with van der Waals surface area (Å²) in [5, 5.41) is 0. The van der Waals surface area contributed by atoms with Crippen LogP contribution in [0.15, 0.2) is 24.3 Å². The molecule has 2 heteroatoms. The highest BCUT2D eigenvalue weighted by atomic mass is 14.6. The third-order valence-corrected chi connectivity index (χ3v) is 2.63. The highest BCUT2D eigenvalue weighted by molar-refractivity contribution is 5.21. The van der Waals surface area contributed by atoms with E-state index in [4.69, 9.17) is 11.5 Å². The summed E-state index contributed by atoms with van der Waals surface area (Å²) >= 11 is 0. The van der Waals surface area contributed by atoms with E-state index in [0.29, 0.717) is 19.0 Å². The van der Waals surface area contributed by atoms with Gasteiger partial charge >= 0.3 is 0 Å². The third-order valence-electron chi connectivity index (χ3n) is 2.63. The number of hydrogen-bond donors (Lipinski definition) is 2. The smallest absolute Gasteiger partial charge is 0.00367 e. The molecular formula is C12H20N2. The lowest BCUT2D eigenvalue weighted by atomic mass is 9.99. The Balaban J connectivity index is 2.41. The fourth-order valence-electron chi connectivity index (χ4n) is 1.46. The molecule has 0 aromatic heterocycles. The maximum Gasteiger partial charge on any atom is -0.00367 e. The van der Waals surface area contributed by atoms with Crippen LogP contribution in [0.2, 0.25) is 0 Å². The second-order valence-electron chi connectivity index (χ2n) is 3.86. The Bertz CT molecular complexity index is 250. The van der Waals surface area contributed by atoms with Gasteiger partial charge in [-0.2, -0.15) is 0 Å². The molecule has 0 aliphatic heterocycles. The van der Waals surface area contributed by atoms with Crippen LogP contribution in [0.1, 0.15) is 17.5 Å². The zero-order chi connectivity index (χ0) is 10.4. The largest absolute Gasteiger partial charge is 0.330 e. The summed E-state index contributed by atoms with van der Waals surface area (Å²) < 4.78 is 0. The SMILES string of the molecule is Cc1ccc(CCC(CN)CN)cc1. The average Bonchev–Trinajstić information content (AvgIpc) is 2.22. The molecule has 0 aliphatic carbocycles. The lowest BCUT2D eigenvalue weighted by molar-refractivity contribution is 0.508. The van der Waals surface area contributed by atoms with Crippen molar-refractivity contribution in [2.24, 2.45) is 17.4 Å². The summed E-state index contributed by atoms with van der Waals surface area (Å²) in [5.41, 5.74) is 13.9. The van der Waals surface area contributed by atoms with Crippen LogP contribution < -0.4 is 11.5 Å². The fourth-order valence-corrected chi connectivity index (χ4v) is 1.46. The summed E-state index contributed by atoms with van der Waals surface area (Å²) in [6, 6.07) is 8.66. The molecule has 1 rings (SSSR count). The standard InChI is InChI=1S/C12H20N2/c1-10-2-4-11(5-3-10)6-7-12(8-13)9-14/h2-5,12H,6-9,13-14H2,1H3. The van der Waals surface area contributed by atoms with Gasteiger partial charge < -0.3 is 11.5 Å². The van der Waals surface area contributed by atoms with Crippen molar-refractivity contribution in [1.29, 1.82) is 0 Å². The molecule has 1 aromatic carbocycles. The van der Waals surface area contributed by atoms with Crippen LogP contribution in [0.4, 0.5) is 0 Å². The summed E-state index contributed by atoms with van der Waals surface area (Å²) in [6.07, 6.45) is 2.18. The quantitative estimate of drug-likeness (QED) is 0.742. The Kier molecular flexibility index (Phi) is 4.63. The molecule has 0 bridgehead atoms. The molecule has 0 atom stereocenters. The summed E-state index contributed by atoms with van der Waals surface area (Å²) in [6.45, 7) is 3.50. The molecule has 0 spiro atoms. The van der Waals surface area contributed by atoms with E-state index in [1.165, 1.54) is 11.1 Å². The van der Waals surface area contributed by atoms with Gasteiger partial charge in [-0.1, -0.05) is 29.8 Å². The van der Waals surface area contributed by atoms with E-state index in [-0.39, 0.29) is 0 Å². The minimum Gasteiger partial charge on any atom is -0.330 e. The van der Waals surface area contributed by atoms with Crippen molar-refractivity contribution in [3.8, 4) is 0 Å². The lowest BCUT2D eigenvalue weighted by Crippen LogP contribution is -2.23. The molecule has 0 amide bonds. The highest BCUT2D eigenvalue weighted by Gasteiger charge is 2.03. The van der Waals surface area contributed by atoms with Gasteiger partial charge in [0, 0.05) is 0 Å². The maximum absolute atomic E-state index is 5.59. The summed E-state index contributed by atoms with van der Waals surface area (Å²) in [5.74, 6) is 0.469. The fraction of sp³-hybridized carbons (Fsp3) is 0.500. The summed E-state index contributed by atoms with van der Waals surface area (Å²) in [4.78, 5) is 0. The molecule has 0 saturated carbocycles. The van der Waals surface area contributed by atoms with Crippen molar-refractivity contribution in [3.63, 3.8) is 0 Å². The minimum atomic E-state index is 0.469. The van der Waals surface area contributed by atoms with Crippen LogP contribution in [0, 0.1) is 12.8 Å². The van der Waals surface area contributed by atoms with Crippen molar-refractivity contribution in [2.75, 3.05) is 13.1 Å². The number of nitrogens with two attached hydrogens (primary N) is 2. The first kappa shape index (κ1) is 11.2. The number of hydrogen-bond acceptors (Lipinski definition) is 2. The predicted molar refractivity (Wildman–Crippen MR) is 61.1 cm³/mol. The van der Waals surface area contributed by atoms with Crippen LogP contribution in [0.25, 0.3) is 0 Å². The topological polar surface area (TPSA) is 52.0 Å².